The van der Waals surface area contributed by atoms with E-state index in [1.165, 1.54) is 18.2 Å². The van der Waals surface area contributed by atoms with Crippen molar-refractivity contribution >= 4 is 5.78 Å². The summed E-state index contributed by atoms with van der Waals surface area (Å²) in [7, 11) is 3.10. The van der Waals surface area contributed by atoms with Crippen molar-refractivity contribution in [2.45, 2.75) is 20.5 Å². The number of carbonyl (C=O) groups is 1. The van der Waals surface area contributed by atoms with Gasteiger partial charge in [-0.25, -0.2) is 0 Å². The van der Waals surface area contributed by atoms with E-state index in [4.69, 9.17) is 14.2 Å². The smallest absolute Gasteiger partial charge is 0.192 e. The Balaban J connectivity index is 1.99. The summed E-state index contributed by atoms with van der Waals surface area (Å²) in [5.74, 6) is 1.02. The summed E-state index contributed by atoms with van der Waals surface area (Å²) < 4.78 is 16.0. The van der Waals surface area contributed by atoms with Crippen LogP contribution < -0.4 is 9.47 Å². The number of hydrogen-bond acceptors (Lipinski definition) is 4. The Morgan fingerprint density at radius 1 is 1.00 bits per heavy atom. The first-order valence-electron chi connectivity index (χ1n) is 7.44. The minimum absolute atomic E-state index is 0.00993. The molecule has 0 N–H and O–H groups in total. The SMILES string of the molecule is COc1ccc(C(=O)COCc2ccc(C)cc2C)c(OC)c1. The number of benzene rings is 2. The molecule has 2 aromatic carbocycles. The fourth-order valence-electron chi connectivity index (χ4n) is 2.37. The van der Waals surface area contributed by atoms with Crippen molar-refractivity contribution in [3.05, 3.63) is 58.7 Å². The van der Waals surface area contributed by atoms with Gasteiger partial charge in [-0.3, -0.25) is 4.79 Å². The second kappa shape index (κ2) is 7.79. The van der Waals surface area contributed by atoms with Gasteiger partial charge in [-0.1, -0.05) is 23.8 Å². The molecule has 0 aliphatic rings. The van der Waals surface area contributed by atoms with Gasteiger partial charge in [0.25, 0.3) is 0 Å². The van der Waals surface area contributed by atoms with Gasteiger partial charge in [0.15, 0.2) is 5.78 Å². The van der Waals surface area contributed by atoms with E-state index >= 15 is 0 Å². The van der Waals surface area contributed by atoms with Gasteiger partial charge < -0.3 is 14.2 Å². The first kappa shape index (κ1) is 17.0. The molecular formula is C19H22O4. The number of methoxy groups -OCH3 is 2. The van der Waals surface area contributed by atoms with Gasteiger partial charge in [0.05, 0.1) is 26.4 Å². The highest BCUT2D eigenvalue weighted by Gasteiger charge is 2.13. The summed E-state index contributed by atoms with van der Waals surface area (Å²) in [5, 5.41) is 0. The molecule has 0 fully saturated rings. The Kier molecular flexibility index (Phi) is 5.77. The van der Waals surface area contributed by atoms with Crippen LogP contribution in [0.25, 0.3) is 0 Å². The predicted molar refractivity (Wildman–Crippen MR) is 89.4 cm³/mol. The second-order valence-corrected chi connectivity index (χ2v) is 5.41. The molecular weight excluding hydrogens is 292 g/mol. The Bertz CT molecular complexity index is 692. The normalized spacial score (nSPS) is 10.4. The molecule has 0 aromatic heterocycles. The summed E-state index contributed by atoms with van der Waals surface area (Å²) in [6, 6.07) is 11.3. The minimum Gasteiger partial charge on any atom is -0.497 e. The van der Waals surface area contributed by atoms with Gasteiger partial charge >= 0.3 is 0 Å². The molecule has 0 amide bonds. The lowest BCUT2D eigenvalue weighted by Crippen LogP contribution is -2.11. The van der Waals surface area contributed by atoms with E-state index in [9.17, 15) is 4.79 Å². The van der Waals surface area contributed by atoms with E-state index < -0.39 is 0 Å². The minimum atomic E-state index is -0.116. The number of ether oxygens (including phenoxy) is 3. The monoisotopic (exact) mass is 314 g/mol. The highest BCUT2D eigenvalue weighted by atomic mass is 16.5. The summed E-state index contributed by atoms with van der Waals surface area (Å²) in [5.41, 5.74) is 3.96. The zero-order valence-electron chi connectivity index (χ0n) is 14.0. The third kappa shape index (κ3) is 4.33. The van der Waals surface area contributed by atoms with Gasteiger partial charge in [0.1, 0.15) is 18.1 Å². The molecule has 122 valence electrons. The van der Waals surface area contributed by atoms with Crippen LogP contribution in [0.5, 0.6) is 11.5 Å². The van der Waals surface area contributed by atoms with E-state index in [2.05, 4.69) is 13.0 Å². The van der Waals surface area contributed by atoms with Crippen LogP contribution in [0.1, 0.15) is 27.0 Å². The predicted octanol–water partition coefficient (Wildman–Crippen LogP) is 3.72. The number of carbonyl (C=O) groups excluding carboxylic acids is 1. The molecule has 2 aromatic rings. The van der Waals surface area contributed by atoms with Gasteiger partial charge in [-0.2, -0.15) is 0 Å². The van der Waals surface area contributed by atoms with E-state index in [1.54, 1.807) is 25.3 Å². The Hall–Kier alpha value is -2.33. The van der Waals surface area contributed by atoms with E-state index in [0.29, 0.717) is 23.7 Å². The number of hydrogen-bond donors (Lipinski definition) is 0. The molecule has 0 bridgehead atoms. The van der Waals surface area contributed by atoms with Crippen molar-refractivity contribution in [2.24, 2.45) is 0 Å². The van der Waals surface area contributed by atoms with Gasteiger partial charge in [-0.15, -0.1) is 0 Å². The zero-order chi connectivity index (χ0) is 16.8. The van der Waals surface area contributed by atoms with Crippen LogP contribution in [0.3, 0.4) is 0 Å². The number of rotatable bonds is 7. The van der Waals surface area contributed by atoms with Crippen molar-refractivity contribution in [3.63, 3.8) is 0 Å². The van der Waals surface area contributed by atoms with Crippen LogP contribution in [0.4, 0.5) is 0 Å². The lowest BCUT2D eigenvalue weighted by Gasteiger charge is -2.11. The molecule has 23 heavy (non-hydrogen) atoms. The zero-order valence-corrected chi connectivity index (χ0v) is 14.0. The molecule has 0 radical (unpaired) electrons. The number of Topliss-reactive ketones (excluding diaryl/α,β-unsaturated/α-hetero) is 1. The number of ketones is 1. The molecule has 0 saturated carbocycles. The van der Waals surface area contributed by atoms with E-state index in [0.717, 1.165) is 5.56 Å². The van der Waals surface area contributed by atoms with E-state index in [-0.39, 0.29) is 12.4 Å². The fourth-order valence-corrected chi connectivity index (χ4v) is 2.37. The van der Waals surface area contributed by atoms with Crippen LogP contribution in [0.15, 0.2) is 36.4 Å². The van der Waals surface area contributed by atoms with Gasteiger partial charge in [0.2, 0.25) is 0 Å². The quantitative estimate of drug-likeness (QED) is 0.731. The summed E-state index contributed by atoms with van der Waals surface area (Å²) in [4.78, 5) is 12.3. The first-order valence-corrected chi connectivity index (χ1v) is 7.44. The molecule has 4 heteroatoms. The van der Waals surface area contributed by atoms with Crippen molar-refractivity contribution in [1.29, 1.82) is 0 Å². The topological polar surface area (TPSA) is 44.8 Å². The Morgan fingerprint density at radius 2 is 1.78 bits per heavy atom. The maximum Gasteiger partial charge on any atom is 0.192 e. The highest BCUT2D eigenvalue weighted by Crippen LogP contribution is 2.25. The molecule has 0 aliphatic heterocycles. The third-order valence-electron chi connectivity index (χ3n) is 3.70. The molecule has 2 rings (SSSR count). The van der Waals surface area contributed by atoms with Gasteiger partial charge in [-0.05, 0) is 37.1 Å². The largest absolute Gasteiger partial charge is 0.497 e. The summed E-state index contributed by atoms with van der Waals surface area (Å²) >= 11 is 0. The maximum absolute atomic E-state index is 12.3. The number of aryl methyl sites for hydroxylation is 2. The van der Waals surface area contributed by atoms with Crippen molar-refractivity contribution in [1.82, 2.24) is 0 Å². The second-order valence-electron chi connectivity index (χ2n) is 5.41. The molecule has 0 saturated heterocycles. The van der Waals surface area contributed by atoms with E-state index in [1.807, 2.05) is 19.1 Å². The average Bonchev–Trinajstić information content (AvgIpc) is 2.56. The summed E-state index contributed by atoms with van der Waals surface area (Å²) in [6.45, 7) is 4.52. The standard InChI is InChI=1S/C19H22O4/c1-13-5-6-15(14(2)9-13)11-23-12-18(20)17-8-7-16(21-3)10-19(17)22-4/h5-10H,11-12H2,1-4H3. The van der Waals surface area contributed by atoms with Crippen LogP contribution in [0.2, 0.25) is 0 Å². The van der Waals surface area contributed by atoms with Crippen molar-refractivity contribution in [2.75, 3.05) is 20.8 Å². The third-order valence-corrected chi connectivity index (χ3v) is 3.70. The average molecular weight is 314 g/mol. The first-order chi connectivity index (χ1) is 11.0. The molecule has 0 aliphatic carbocycles. The van der Waals surface area contributed by atoms with Crippen LogP contribution in [0, 0.1) is 13.8 Å². The highest BCUT2D eigenvalue weighted by molar-refractivity contribution is 5.99. The fraction of sp³-hybridized carbons (Fsp3) is 0.316. The van der Waals surface area contributed by atoms with Crippen LogP contribution in [-0.4, -0.2) is 26.6 Å². The van der Waals surface area contributed by atoms with Crippen molar-refractivity contribution < 1.29 is 19.0 Å². The van der Waals surface area contributed by atoms with Crippen molar-refractivity contribution in [3.8, 4) is 11.5 Å². The van der Waals surface area contributed by atoms with Gasteiger partial charge in [0, 0.05) is 6.07 Å². The Morgan fingerprint density at radius 3 is 2.43 bits per heavy atom. The molecule has 4 nitrogen and oxygen atoms in total. The lowest BCUT2D eigenvalue weighted by atomic mass is 10.1. The van der Waals surface area contributed by atoms with Crippen LogP contribution >= 0.6 is 0 Å². The molecule has 0 heterocycles. The summed E-state index contributed by atoms with van der Waals surface area (Å²) in [6.07, 6.45) is 0. The molecule has 0 atom stereocenters. The molecule has 0 spiro atoms. The van der Waals surface area contributed by atoms with Crippen LogP contribution in [-0.2, 0) is 11.3 Å². The molecule has 0 unspecified atom stereocenters. The maximum atomic E-state index is 12.3. The Labute approximate surface area is 137 Å². The lowest BCUT2D eigenvalue weighted by molar-refractivity contribution is 0.0722.